The molecule has 0 radical (unpaired) electrons. The van der Waals surface area contributed by atoms with Crippen molar-refractivity contribution in [2.45, 2.75) is 0 Å². The van der Waals surface area contributed by atoms with Crippen molar-refractivity contribution in [3.63, 3.8) is 0 Å². The monoisotopic (exact) mass is 386 g/mol. The van der Waals surface area contributed by atoms with E-state index in [1.54, 1.807) is 55.7 Å². The number of hydrogen-bond acceptors (Lipinski definition) is 6. The summed E-state index contributed by atoms with van der Waals surface area (Å²) in [4.78, 5) is 23.7. The number of nitrogens with one attached hydrogen (secondary N) is 2. The summed E-state index contributed by atoms with van der Waals surface area (Å²) >= 11 is 0. The Hall–Kier alpha value is -3.68. The molecule has 0 aliphatic heterocycles. The minimum Gasteiger partial charge on any atom is -0.497 e. The minimum absolute atomic E-state index is 0.284. The van der Waals surface area contributed by atoms with Crippen molar-refractivity contribution < 1.29 is 28.5 Å². The van der Waals surface area contributed by atoms with Gasteiger partial charge in [0.1, 0.15) is 11.5 Å². The maximum Gasteiger partial charge on any atom is 0.276 e. The molecule has 0 atom stereocenters. The van der Waals surface area contributed by atoms with E-state index in [4.69, 9.17) is 18.9 Å². The Morgan fingerprint density at radius 3 is 2.29 bits per heavy atom. The van der Waals surface area contributed by atoms with Crippen molar-refractivity contribution in [3.05, 3.63) is 54.1 Å². The number of benzene rings is 2. The van der Waals surface area contributed by atoms with Gasteiger partial charge in [0.2, 0.25) is 0 Å². The number of ether oxygens (including phenoxy) is 4. The molecule has 8 heteroatoms. The zero-order valence-corrected chi connectivity index (χ0v) is 15.9. The highest BCUT2D eigenvalue weighted by Crippen LogP contribution is 2.26. The number of hydrogen-bond donors (Lipinski definition) is 2. The van der Waals surface area contributed by atoms with Gasteiger partial charge in [-0.15, -0.1) is 0 Å². The number of carbonyl (C=O) groups excluding carboxylic acids is 2. The lowest BCUT2D eigenvalue weighted by Gasteiger charge is -2.10. The van der Waals surface area contributed by atoms with Crippen molar-refractivity contribution in [3.8, 4) is 23.0 Å². The third-order valence-corrected chi connectivity index (χ3v) is 3.60. The molecule has 2 aromatic rings. The summed E-state index contributed by atoms with van der Waals surface area (Å²) in [5.74, 6) is 1.11. The van der Waals surface area contributed by atoms with Crippen LogP contribution in [0.2, 0.25) is 0 Å². The van der Waals surface area contributed by atoms with Gasteiger partial charge in [-0.3, -0.25) is 20.4 Å². The first kappa shape index (κ1) is 20.6. The summed E-state index contributed by atoms with van der Waals surface area (Å²) in [7, 11) is 4.58. The number of carbonyl (C=O) groups is 2. The first-order chi connectivity index (χ1) is 13.6. The fourth-order valence-electron chi connectivity index (χ4n) is 2.23. The number of para-hydroxylation sites is 2. The van der Waals surface area contributed by atoms with Crippen LogP contribution in [0.25, 0.3) is 6.08 Å². The largest absolute Gasteiger partial charge is 0.497 e. The first-order valence-corrected chi connectivity index (χ1v) is 8.32. The Morgan fingerprint density at radius 1 is 0.893 bits per heavy atom. The summed E-state index contributed by atoms with van der Waals surface area (Å²) in [6.07, 6.45) is 2.81. The van der Waals surface area contributed by atoms with Crippen molar-refractivity contribution >= 4 is 17.9 Å². The van der Waals surface area contributed by atoms with E-state index in [1.165, 1.54) is 20.3 Å². The summed E-state index contributed by atoms with van der Waals surface area (Å²) < 4.78 is 20.9. The lowest BCUT2D eigenvalue weighted by molar-refractivity contribution is -0.128. The van der Waals surface area contributed by atoms with Crippen LogP contribution in [0.5, 0.6) is 23.0 Å². The predicted octanol–water partition coefficient (Wildman–Crippen LogP) is 1.95. The van der Waals surface area contributed by atoms with Crippen LogP contribution < -0.4 is 29.8 Å². The maximum absolute atomic E-state index is 11.9. The molecular formula is C20H22N2O6. The summed E-state index contributed by atoms with van der Waals surface area (Å²) in [6, 6.07) is 12.1. The highest BCUT2D eigenvalue weighted by molar-refractivity contribution is 5.93. The number of rotatable bonds is 8. The molecule has 0 fully saturated rings. The van der Waals surface area contributed by atoms with Gasteiger partial charge in [0.25, 0.3) is 11.8 Å². The molecule has 0 aliphatic rings. The lowest BCUT2D eigenvalue weighted by atomic mass is 10.1. The average molecular weight is 386 g/mol. The molecule has 0 unspecified atom stereocenters. The number of hydrazine groups is 1. The number of methoxy groups -OCH3 is 3. The quantitative estimate of drug-likeness (QED) is 0.532. The topological polar surface area (TPSA) is 95.1 Å². The Bertz CT molecular complexity index is 850. The van der Waals surface area contributed by atoms with Gasteiger partial charge in [0.15, 0.2) is 18.1 Å². The van der Waals surface area contributed by atoms with Gasteiger partial charge < -0.3 is 18.9 Å². The Kier molecular flexibility index (Phi) is 7.71. The van der Waals surface area contributed by atoms with E-state index in [2.05, 4.69) is 10.9 Å². The van der Waals surface area contributed by atoms with Crippen LogP contribution in [-0.2, 0) is 9.59 Å². The second-order valence-electron chi connectivity index (χ2n) is 5.42. The molecule has 0 spiro atoms. The van der Waals surface area contributed by atoms with Crippen LogP contribution in [0.4, 0.5) is 0 Å². The predicted molar refractivity (Wildman–Crippen MR) is 103 cm³/mol. The van der Waals surface area contributed by atoms with Crippen molar-refractivity contribution in [2.75, 3.05) is 27.9 Å². The van der Waals surface area contributed by atoms with E-state index in [9.17, 15) is 9.59 Å². The zero-order chi connectivity index (χ0) is 20.4. The van der Waals surface area contributed by atoms with Crippen LogP contribution in [0.1, 0.15) is 5.56 Å². The Balaban J connectivity index is 1.85. The van der Waals surface area contributed by atoms with Gasteiger partial charge in [0, 0.05) is 11.6 Å². The van der Waals surface area contributed by atoms with Gasteiger partial charge in [-0.25, -0.2) is 0 Å². The Morgan fingerprint density at radius 2 is 1.61 bits per heavy atom. The molecule has 148 valence electrons. The van der Waals surface area contributed by atoms with Crippen LogP contribution in [0.15, 0.2) is 48.5 Å². The molecule has 0 saturated carbocycles. The van der Waals surface area contributed by atoms with Crippen molar-refractivity contribution in [2.24, 2.45) is 0 Å². The summed E-state index contributed by atoms with van der Waals surface area (Å²) in [6.45, 7) is -0.284. The van der Waals surface area contributed by atoms with E-state index in [1.807, 2.05) is 0 Å². The summed E-state index contributed by atoms with van der Waals surface area (Å²) in [5, 5.41) is 0. The molecule has 0 aromatic heterocycles. The highest BCUT2D eigenvalue weighted by Gasteiger charge is 2.08. The standard InChI is InChI=1S/C20H22N2O6/c1-25-15-9-10-16(26-2)14(12-15)8-11-19(23)21-22-20(24)13-28-18-7-5-4-6-17(18)27-3/h4-12H,13H2,1-3H3,(H,21,23)(H,22,24)/b11-8+. The molecule has 0 aliphatic carbocycles. The SMILES string of the molecule is COc1ccc(OC)c(/C=C/C(=O)NNC(=O)COc2ccccc2OC)c1. The minimum atomic E-state index is -0.522. The first-order valence-electron chi connectivity index (χ1n) is 8.32. The smallest absolute Gasteiger partial charge is 0.276 e. The van der Waals surface area contributed by atoms with Gasteiger partial charge in [0.05, 0.1) is 21.3 Å². The average Bonchev–Trinajstić information content (AvgIpc) is 2.74. The van der Waals surface area contributed by atoms with Crippen molar-refractivity contribution in [1.82, 2.24) is 10.9 Å². The van der Waals surface area contributed by atoms with Crippen LogP contribution in [-0.4, -0.2) is 39.8 Å². The van der Waals surface area contributed by atoms with Crippen molar-refractivity contribution in [1.29, 1.82) is 0 Å². The van der Waals surface area contributed by atoms with Gasteiger partial charge in [-0.05, 0) is 36.4 Å². The molecule has 2 aromatic carbocycles. The van der Waals surface area contributed by atoms with E-state index in [0.717, 1.165) is 0 Å². The van der Waals surface area contributed by atoms with Crippen LogP contribution in [0, 0.1) is 0 Å². The molecular weight excluding hydrogens is 364 g/mol. The molecule has 2 amide bonds. The highest BCUT2D eigenvalue weighted by atomic mass is 16.5. The third kappa shape index (κ3) is 5.94. The molecule has 2 rings (SSSR count). The normalized spacial score (nSPS) is 10.2. The molecule has 0 bridgehead atoms. The van der Waals surface area contributed by atoms with E-state index >= 15 is 0 Å². The molecule has 2 N–H and O–H groups in total. The van der Waals surface area contributed by atoms with E-state index in [0.29, 0.717) is 28.6 Å². The van der Waals surface area contributed by atoms with Gasteiger partial charge >= 0.3 is 0 Å². The third-order valence-electron chi connectivity index (χ3n) is 3.60. The van der Waals surface area contributed by atoms with Crippen LogP contribution in [0.3, 0.4) is 0 Å². The van der Waals surface area contributed by atoms with Gasteiger partial charge in [-0.1, -0.05) is 12.1 Å². The Labute approximate surface area is 163 Å². The van der Waals surface area contributed by atoms with Crippen LogP contribution >= 0.6 is 0 Å². The second kappa shape index (κ2) is 10.5. The number of amides is 2. The molecule has 0 heterocycles. The fourth-order valence-corrected chi connectivity index (χ4v) is 2.23. The maximum atomic E-state index is 11.9. The zero-order valence-electron chi connectivity index (χ0n) is 15.9. The lowest BCUT2D eigenvalue weighted by Crippen LogP contribution is -2.43. The molecule has 0 saturated heterocycles. The second-order valence-corrected chi connectivity index (χ2v) is 5.42. The van der Waals surface area contributed by atoms with E-state index in [-0.39, 0.29) is 6.61 Å². The van der Waals surface area contributed by atoms with Gasteiger partial charge in [-0.2, -0.15) is 0 Å². The molecule has 28 heavy (non-hydrogen) atoms. The molecule has 8 nitrogen and oxygen atoms in total. The van der Waals surface area contributed by atoms with E-state index < -0.39 is 11.8 Å². The summed E-state index contributed by atoms with van der Waals surface area (Å²) in [5.41, 5.74) is 5.20. The fraction of sp³-hybridized carbons (Fsp3) is 0.200.